The molecule has 0 bridgehead atoms. The molecule has 2 aromatic rings. The van der Waals surface area contributed by atoms with E-state index in [0.717, 1.165) is 30.0 Å². The van der Waals surface area contributed by atoms with Gasteiger partial charge in [0.1, 0.15) is 12.4 Å². The maximum Gasteiger partial charge on any atom is 0.254 e. The standard InChI is InChI=1S/C22H27N3O2/c1-18-5-7-20(8-6-18)17-27-21-11-9-19(10-12-21)15-23-24-22(26)16-25-13-3-2-4-14-25/h5-12,15H,2-4,13-14,16-17H2,1H3,(H,24,26)/b23-15+. The molecule has 1 aliphatic heterocycles. The number of hydrogen-bond acceptors (Lipinski definition) is 4. The summed E-state index contributed by atoms with van der Waals surface area (Å²) in [6, 6.07) is 16.0. The topological polar surface area (TPSA) is 53.9 Å². The molecule has 3 rings (SSSR count). The number of hydrogen-bond donors (Lipinski definition) is 1. The highest BCUT2D eigenvalue weighted by Gasteiger charge is 2.13. The third-order valence-electron chi connectivity index (χ3n) is 4.62. The Morgan fingerprint density at radius 1 is 1.07 bits per heavy atom. The van der Waals surface area contributed by atoms with Crippen LogP contribution in [0.4, 0.5) is 0 Å². The van der Waals surface area contributed by atoms with E-state index in [1.807, 2.05) is 24.3 Å². The Balaban J connectivity index is 1.42. The molecule has 27 heavy (non-hydrogen) atoms. The van der Waals surface area contributed by atoms with Crippen molar-refractivity contribution in [3.8, 4) is 5.75 Å². The van der Waals surface area contributed by atoms with E-state index in [1.54, 1.807) is 6.21 Å². The van der Waals surface area contributed by atoms with Crippen LogP contribution in [0.2, 0.25) is 0 Å². The predicted molar refractivity (Wildman–Crippen MR) is 108 cm³/mol. The van der Waals surface area contributed by atoms with Gasteiger partial charge in [0.05, 0.1) is 12.8 Å². The van der Waals surface area contributed by atoms with E-state index in [2.05, 4.69) is 46.6 Å². The molecule has 2 aromatic carbocycles. The number of aryl methyl sites for hydroxylation is 1. The SMILES string of the molecule is Cc1ccc(COc2ccc(/C=N/NC(=O)CN3CCCCC3)cc2)cc1. The van der Waals surface area contributed by atoms with Gasteiger partial charge in [-0.3, -0.25) is 9.69 Å². The Morgan fingerprint density at radius 2 is 1.78 bits per heavy atom. The molecule has 1 N–H and O–H groups in total. The number of nitrogens with zero attached hydrogens (tertiary/aromatic N) is 2. The zero-order chi connectivity index (χ0) is 18.9. The molecule has 5 heteroatoms. The molecule has 1 heterocycles. The number of piperidine rings is 1. The molecule has 0 unspecified atom stereocenters. The van der Waals surface area contributed by atoms with Gasteiger partial charge in [-0.05, 0) is 68.2 Å². The van der Waals surface area contributed by atoms with Crippen molar-refractivity contribution < 1.29 is 9.53 Å². The van der Waals surface area contributed by atoms with Crippen LogP contribution in [0.15, 0.2) is 53.6 Å². The molecule has 0 radical (unpaired) electrons. The predicted octanol–water partition coefficient (Wildman–Crippen LogP) is 3.51. The van der Waals surface area contributed by atoms with Crippen LogP contribution >= 0.6 is 0 Å². The van der Waals surface area contributed by atoms with Crippen molar-refractivity contribution in [1.82, 2.24) is 10.3 Å². The summed E-state index contributed by atoms with van der Waals surface area (Å²) in [6.07, 6.45) is 5.27. The summed E-state index contributed by atoms with van der Waals surface area (Å²) < 4.78 is 5.79. The van der Waals surface area contributed by atoms with Crippen LogP contribution in [0.5, 0.6) is 5.75 Å². The van der Waals surface area contributed by atoms with Crippen LogP contribution in [0.3, 0.4) is 0 Å². The van der Waals surface area contributed by atoms with Crippen molar-refractivity contribution in [3.05, 3.63) is 65.2 Å². The summed E-state index contributed by atoms with van der Waals surface area (Å²) >= 11 is 0. The smallest absolute Gasteiger partial charge is 0.254 e. The number of amides is 1. The number of ether oxygens (including phenoxy) is 1. The lowest BCUT2D eigenvalue weighted by Gasteiger charge is -2.25. The molecule has 0 atom stereocenters. The van der Waals surface area contributed by atoms with Crippen molar-refractivity contribution in [2.75, 3.05) is 19.6 Å². The zero-order valence-corrected chi connectivity index (χ0v) is 15.9. The highest BCUT2D eigenvalue weighted by atomic mass is 16.5. The molecule has 1 amide bonds. The summed E-state index contributed by atoms with van der Waals surface area (Å²) in [6.45, 7) is 5.03. The van der Waals surface area contributed by atoms with Gasteiger partial charge in [-0.2, -0.15) is 5.10 Å². The fraction of sp³-hybridized carbons (Fsp3) is 0.364. The highest BCUT2D eigenvalue weighted by Crippen LogP contribution is 2.14. The average Bonchev–Trinajstić information content (AvgIpc) is 2.69. The first-order chi connectivity index (χ1) is 13.2. The number of benzene rings is 2. The van der Waals surface area contributed by atoms with Crippen molar-refractivity contribution in [1.29, 1.82) is 0 Å². The van der Waals surface area contributed by atoms with Crippen LogP contribution in [0.25, 0.3) is 0 Å². The Labute approximate surface area is 161 Å². The third kappa shape index (κ3) is 6.53. The van der Waals surface area contributed by atoms with E-state index in [-0.39, 0.29) is 5.91 Å². The van der Waals surface area contributed by atoms with Gasteiger partial charge in [-0.1, -0.05) is 36.2 Å². The lowest BCUT2D eigenvalue weighted by atomic mass is 10.1. The summed E-state index contributed by atoms with van der Waals surface area (Å²) in [5.74, 6) is 0.744. The first-order valence-corrected chi connectivity index (χ1v) is 9.52. The van der Waals surface area contributed by atoms with Crippen LogP contribution in [0.1, 0.15) is 36.0 Å². The fourth-order valence-electron chi connectivity index (χ4n) is 3.04. The molecule has 5 nitrogen and oxygen atoms in total. The quantitative estimate of drug-likeness (QED) is 0.603. The lowest BCUT2D eigenvalue weighted by Crippen LogP contribution is -2.38. The van der Waals surface area contributed by atoms with Crippen LogP contribution in [-0.2, 0) is 11.4 Å². The minimum atomic E-state index is -0.0637. The first-order valence-electron chi connectivity index (χ1n) is 9.52. The van der Waals surface area contributed by atoms with Crippen molar-refractivity contribution in [2.45, 2.75) is 32.8 Å². The van der Waals surface area contributed by atoms with Crippen molar-refractivity contribution >= 4 is 12.1 Å². The molecular weight excluding hydrogens is 338 g/mol. The number of likely N-dealkylation sites (tertiary alicyclic amines) is 1. The van der Waals surface area contributed by atoms with Crippen LogP contribution in [-0.4, -0.2) is 36.7 Å². The van der Waals surface area contributed by atoms with E-state index in [1.165, 1.54) is 24.8 Å². The fourth-order valence-corrected chi connectivity index (χ4v) is 3.04. The van der Waals surface area contributed by atoms with Gasteiger partial charge in [-0.15, -0.1) is 0 Å². The second-order valence-electron chi connectivity index (χ2n) is 6.97. The first kappa shape index (κ1) is 19.1. The number of hydrazone groups is 1. The van der Waals surface area contributed by atoms with Gasteiger partial charge in [-0.25, -0.2) is 5.43 Å². The lowest BCUT2D eigenvalue weighted by molar-refractivity contribution is -0.122. The van der Waals surface area contributed by atoms with Crippen molar-refractivity contribution in [3.63, 3.8) is 0 Å². The normalized spacial score (nSPS) is 15.0. The Bertz CT molecular complexity index is 748. The molecule has 1 fully saturated rings. The van der Waals surface area contributed by atoms with E-state index < -0.39 is 0 Å². The maximum absolute atomic E-state index is 11.9. The summed E-state index contributed by atoms with van der Waals surface area (Å²) in [5, 5.41) is 4.05. The minimum Gasteiger partial charge on any atom is -0.489 e. The van der Waals surface area contributed by atoms with E-state index in [9.17, 15) is 4.79 Å². The molecule has 0 aromatic heterocycles. The van der Waals surface area contributed by atoms with Crippen LogP contribution in [0, 0.1) is 6.92 Å². The Morgan fingerprint density at radius 3 is 2.48 bits per heavy atom. The molecule has 0 aliphatic carbocycles. The van der Waals surface area contributed by atoms with Crippen molar-refractivity contribution in [2.24, 2.45) is 5.10 Å². The molecule has 142 valence electrons. The minimum absolute atomic E-state index is 0.0637. The molecule has 1 aliphatic rings. The molecule has 1 saturated heterocycles. The van der Waals surface area contributed by atoms with Gasteiger partial charge < -0.3 is 4.74 Å². The van der Waals surface area contributed by atoms with E-state index in [0.29, 0.717) is 13.2 Å². The summed E-state index contributed by atoms with van der Waals surface area (Å²) in [7, 11) is 0. The number of carbonyl (C=O) groups is 1. The molecule has 0 spiro atoms. The highest BCUT2D eigenvalue weighted by molar-refractivity contribution is 5.83. The largest absolute Gasteiger partial charge is 0.489 e. The maximum atomic E-state index is 11.9. The third-order valence-corrected chi connectivity index (χ3v) is 4.62. The summed E-state index contributed by atoms with van der Waals surface area (Å²) in [4.78, 5) is 14.1. The van der Waals surface area contributed by atoms with Gasteiger partial charge >= 0.3 is 0 Å². The van der Waals surface area contributed by atoms with Gasteiger partial charge in [0.15, 0.2) is 0 Å². The van der Waals surface area contributed by atoms with Gasteiger partial charge in [0.25, 0.3) is 5.91 Å². The average molecular weight is 365 g/mol. The second-order valence-corrected chi connectivity index (χ2v) is 6.97. The zero-order valence-electron chi connectivity index (χ0n) is 15.9. The monoisotopic (exact) mass is 365 g/mol. The Kier molecular flexibility index (Phi) is 6.99. The second kappa shape index (κ2) is 9.88. The van der Waals surface area contributed by atoms with E-state index >= 15 is 0 Å². The number of rotatable bonds is 7. The number of carbonyl (C=O) groups excluding carboxylic acids is 1. The Hall–Kier alpha value is -2.66. The summed E-state index contributed by atoms with van der Waals surface area (Å²) in [5.41, 5.74) is 5.90. The van der Waals surface area contributed by atoms with Gasteiger partial charge in [0.2, 0.25) is 0 Å². The molecular formula is C22H27N3O2. The van der Waals surface area contributed by atoms with E-state index in [4.69, 9.17) is 4.74 Å². The van der Waals surface area contributed by atoms with Crippen LogP contribution < -0.4 is 10.2 Å². The number of nitrogens with one attached hydrogen (secondary N) is 1. The van der Waals surface area contributed by atoms with Gasteiger partial charge in [0, 0.05) is 0 Å². The molecule has 0 saturated carbocycles.